The molecule has 1 amide bonds. The summed E-state index contributed by atoms with van der Waals surface area (Å²) in [4.78, 5) is 21.8. The number of aromatic amines is 1. The van der Waals surface area contributed by atoms with E-state index in [0.717, 1.165) is 16.5 Å². The molecule has 0 spiro atoms. The number of carbonyl (C=O) groups excluding carboxylic acids is 1. The van der Waals surface area contributed by atoms with E-state index in [1.807, 2.05) is 66.7 Å². The zero-order valence-corrected chi connectivity index (χ0v) is 18.3. The van der Waals surface area contributed by atoms with Crippen molar-refractivity contribution in [1.29, 1.82) is 0 Å². The smallest absolute Gasteiger partial charge is 0.243 e. The van der Waals surface area contributed by atoms with Crippen molar-refractivity contribution in [3.63, 3.8) is 0 Å². The Balaban J connectivity index is 1.73. The minimum atomic E-state index is -0.757. The van der Waals surface area contributed by atoms with Crippen molar-refractivity contribution >= 4 is 33.9 Å². The van der Waals surface area contributed by atoms with Crippen LogP contribution in [-0.2, 0) is 4.79 Å². The highest BCUT2D eigenvalue weighted by Gasteiger charge is 2.20. The molecule has 1 heterocycles. The number of aromatic hydroxyl groups is 1. The van der Waals surface area contributed by atoms with Crippen molar-refractivity contribution in [3.8, 4) is 5.88 Å². The maximum absolute atomic E-state index is 12.4. The SMILES string of the molecule is CN(C(=O)C(N)CCO)c1ccc(N=C(c2ccccc2)c2c(O)[nH]c3ccccc23)cc1. The topological polar surface area (TPSA) is 115 Å². The van der Waals surface area contributed by atoms with Crippen LogP contribution in [0.5, 0.6) is 5.88 Å². The van der Waals surface area contributed by atoms with Crippen LogP contribution < -0.4 is 10.6 Å². The van der Waals surface area contributed by atoms with Gasteiger partial charge < -0.3 is 25.8 Å². The van der Waals surface area contributed by atoms with Crippen LogP contribution >= 0.6 is 0 Å². The van der Waals surface area contributed by atoms with E-state index in [9.17, 15) is 9.90 Å². The van der Waals surface area contributed by atoms with Crippen LogP contribution in [0.3, 0.4) is 0 Å². The van der Waals surface area contributed by atoms with E-state index in [-0.39, 0.29) is 24.8 Å². The van der Waals surface area contributed by atoms with Gasteiger partial charge in [0.15, 0.2) is 5.88 Å². The fourth-order valence-electron chi connectivity index (χ4n) is 3.75. The first kappa shape index (κ1) is 22.3. The molecule has 4 rings (SSSR count). The van der Waals surface area contributed by atoms with Crippen LogP contribution in [0.1, 0.15) is 17.5 Å². The number of benzene rings is 3. The number of aliphatic imine (C=N–C) groups is 1. The molecule has 1 unspecified atom stereocenters. The molecule has 7 heteroatoms. The van der Waals surface area contributed by atoms with E-state index in [1.165, 1.54) is 4.90 Å². The van der Waals surface area contributed by atoms with Gasteiger partial charge in [-0.25, -0.2) is 4.99 Å². The van der Waals surface area contributed by atoms with Gasteiger partial charge in [-0.15, -0.1) is 0 Å². The zero-order chi connectivity index (χ0) is 23.4. The molecule has 0 radical (unpaired) electrons. The molecule has 4 aromatic rings. The molecule has 0 aliphatic carbocycles. The van der Waals surface area contributed by atoms with Crippen molar-refractivity contribution in [1.82, 2.24) is 4.98 Å². The number of H-pyrrole nitrogens is 1. The molecule has 0 saturated heterocycles. The number of anilines is 1. The Bertz CT molecular complexity index is 1280. The van der Waals surface area contributed by atoms with Gasteiger partial charge in [0.2, 0.25) is 5.91 Å². The summed E-state index contributed by atoms with van der Waals surface area (Å²) in [5, 5.41) is 20.6. The van der Waals surface area contributed by atoms with Gasteiger partial charge in [0.25, 0.3) is 0 Å². The number of hydrogen-bond acceptors (Lipinski definition) is 5. The highest BCUT2D eigenvalue weighted by atomic mass is 16.3. The Hall–Kier alpha value is -3.94. The number of aromatic nitrogens is 1. The third-order valence-electron chi connectivity index (χ3n) is 5.54. The predicted octanol–water partition coefficient (Wildman–Crippen LogP) is 3.72. The Morgan fingerprint density at radius 2 is 1.70 bits per heavy atom. The van der Waals surface area contributed by atoms with Crippen molar-refractivity contribution in [2.24, 2.45) is 10.7 Å². The zero-order valence-electron chi connectivity index (χ0n) is 18.3. The summed E-state index contributed by atoms with van der Waals surface area (Å²) in [5.41, 5.74) is 10.1. The molecule has 1 aromatic heterocycles. The summed E-state index contributed by atoms with van der Waals surface area (Å²) >= 11 is 0. The summed E-state index contributed by atoms with van der Waals surface area (Å²) < 4.78 is 0. The largest absolute Gasteiger partial charge is 0.494 e. The lowest BCUT2D eigenvalue weighted by Gasteiger charge is -2.21. The van der Waals surface area contributed by atoms with Gasteiger partial charge in [-0.2, -0.15) is 0 Å². The van der Waals surface area contributed by atoms with Crippen LogP contribution in [0.25, 0.3) is 10.9 Å². The van der Waals surface area contributed by atoms with E-state index in [4.69, 9.17) is 15.8 Å². The van der Waals surface area contributed by atoms with Gasteiger partial charge in [0.1, 0.15) is 0 Å². The van der Waals surface area contributed by atoms with Crippen LogP contribution in [0.15, 0.2) is 83.9 Å². The van der Waals surface area contributed by atoms with Gasteiger partial charge in [-0.1, -0.05) is 48.5 Å². The molecule has 0 aliphatic heterocycles. The number of rotatable bonds is 7. The summed E-state index contributed by atoms with van der Waals surface area (Å²) in [6.45, 7) is -0.142. The lowest BCUT2D eigenvalue weighted by Crippen LogP contribution is -2.42. The fraction of sp³-hybridized carbons (Fsp3) is 0.154. The Morgan fingerprint density at radius 3 is 2.39 bits per heavy atom. The molecule has 0 bridgehead atoms. The molecule has 33 heavy (non-hydrogen) atoms. The van der Waals surface area contributed by atoms with Gasteiger partial charge in [0.05, 0.1) is 23.0 Å². The van der Waals surface area contributed by atoms with Gasteiger partial charge in [-0.3, -0.25) is 4.79 Å². The maximum atomic E-state index is 12.4. The molecule has 168 valence electrons. The number of nitrogens with one attached hydrogen (secondary N) is 1. The third kappa shape index (κ3) is 4.64. The average molecular weight is 443 g/mol. The number of fused-ring (bicyclic) bond motifs is 1. The second-order valence-electron chi connectivity index (χ2n) is 7.75. The first-order valence-corrected chi connectivity index (χ1v) is 10.7. The van der Waals surface area contributed by atoms with Gasteiger partial charge >= 0.3 is 0 Å². The maximum Gasteiger partial charge on any atom is 0.243 e. The molecule has 0 fully saturated rings. The summed E-state index contributed by atoms with van der Waals surface area (Å²) in [6, 6.07) is 23.8. The Kier molecular flexibility index (Phi) is 6.53. The van der Waals surface area contributed by atoms with Crippen LogP contribution in [0.2, 0.25) is 0 Å². The average Bonchev–Trinajstić information content (AvgIpc) is 3.18. The molecule has 1 atom stereocenters. The molecule has 0 aliphatic rings. The summed E-state index contributed by atoms with van der Waals surface area (Å²) in [7, 11) is 1.65. The third-order valence-corrected chi connectivity index (χ3v) is 5.54. The van der Waals surface area contributed by atoms with E-state index in [0.29, 0.717) is 22.6 Å². The quantitative estimate of drug-likeness (QED) is 0.327. The summed E-state index contributed by atoms with van der Waals surface area (Å²) in [5.74, 6) is -0.215. The standard InChI is InChI=1S/C26H26N4O3/c1-30(26(33)21(27)15-16-31)19-13-11-18(12-14-19)28-24(17-7-3-2-4-8-17)23-20-9-5-6-10-22(20)29-25(23)32/h2-14,21,29,31-32H,15-16,27H2,1H3. The summed E-state index contributed by atoms with van der Waals surface area (Å²) in [6.07, 6.45) is 0.208. The number of hydrogen-bond donors (Lipinski definition) is 4. The second kappa shape index (κ2) is 9.68. The van der Waals surface area contributed by atoms with E-state index >= 15 is 0 Å². The van der Waals surface area contributed by atoms with Crippen molar-refractivity contribution in [2.45, 2.75) is 12.5 Å². The van der Waals surface area contributed by atoms with E-state index in [2.05, 4.69) is 4.98 Å². The number of para-hydroxylation sites is 1. The molecule has 7 nitrogen and oxygen atoms in total. The number of amides is 1. The molecular formula is C26H26N4O3. The Labute approximate surface area is 191 Å². The van der Waals surface area contributed by atoms with E-state index in [1.54, 1.807) is 19.2 Å². The van der Waals surface area contributed by atoms with Crippen molar-refractivity contribution < 1.29 is 15.0 Å². The lowest BCUT2D eigenvalue weighted by atomic mass is 10.0. The molecule has 5 N–H and O–H groups in total. The van der Waals surface area contributed by atoms with Gasteiger partial charge in [-0.05, 0) is 36.8 Å². The normalized spacial score (nSPS) is 12.6. The molecule has 3 aromatic carbocycles. The number of aliphatic hydroxyl groups excluding tert-OH is 1. The van der Waals surface area contributed by atoms with Crippen LogP contribution in [-0.4, -0.2) is 46.5 Å². The van der Waals surface area contributed by atoms with E-state index < -0.39 is 6.04 Å². The predicted molar refractivity (Wildman–Crippen MR) is 131 cm³/mol. The Morgan fingerprint density at radius 1 is 1.03 bits per heavy atom. The lowest BCUT2D eigenvalue weighted by molar-refractivity contribution is -0.119. The number of nitrogens with zero attached hydrogens (tertiary/aromatic N) is 2. The monoisotopic (exact) mass is 442 g/mol. The van der Waals surface area contributed by atoms with Crippen molar-refractivity contribution in [2.75, 3.05) is 18.6 Å². The highest BCUT2D eigenvalue weighted by Crippen LogP contribution is 2.31. The first-order valence-electron chi connectivity index (χ1n) is 10.7. The molecular weight excluding hydrogens is 416 g/mol. The minimum Gasteiger partial charge on any atom is -0.494 e. The van der Waals surface area contributed by atoms with Crippen LogP contribution in [0, 0.1) is 0 Å². The number of nitrogens with two attached hydrogens (primary N) is 1. The number of carbonyl (C=O) groups is 1. The molecule has 0 saturated carbocycles. The number of aliphatic hydroxyl groups is 1. The fourth-order valence-corrected chi connectivity index (χ4v) is 3.75. The van der Waals surface area contributed by atoms with Crippen molar-refractivity contribution in [3.05, 3.63) is 90.0 Å². The van der Waals surface area contributed by atoms with Crippen LogP contribution in [0.4, 0.5) is 11.4 Å². The first-order chi connectivity index (χ1) is 16.0. The highest BCUT2D eigenvalue weighted by molar-refractivity contribution is 6.21. The number of likely N-dealkylation sites (N-methyl/N-ethyl adjacent to an activating group) is 1. The minimum absolute atomic E-state index is 0.0543. The second-order valence-corrected chi connectivity index (χ2v) is 7.75. The van der Waals surface area contributed by atoms with Gasteiger partial charge in [0, 0.05) is 35.8 Å².